The molecule has 15 heavy (non-hydrogen) atoms. The van der Waals surface area contributed by atoms with E-state index in [4.69, 9.17) is 0 Å². The van der Waals surface area contributed by atoms with Gasteiger partial charge in [0.1, 0.15) is 0 Å². The maximum atomic E-state index is 4.00. The lowest BCUT2D eigenvalue weighted by molar-refractivity contribution is 1.58. The number of hydrogen-bond donors (Lipinski definition) is 1. The molecular weight excluding hydrogens is 184 g/mol. The number of fused-ring (bicyclic) bond motifs is 1. The Morgan fingerprint density at radius 2 is 1.80 bits per heavy atom. The van der Waals surface area contributed by atoms with Crippen LogP contribution in [0, 0.1) is 0 Å². The number of hydrogen-bond acceptors (Lipinski definition) is 2. The van der Waals surface area contributed by atoms with Gasteiger partial charge in [-0.2, -0.15) is 0 Å². The second-order valence-electron chi connectivity index (χ2n) is 3.18. The molecule has 2 aromatic carbocycles. The average Bonchev–Trinajstić information content (AvgIpc) is 2.29. The molecule has 0 aromatic heterocycles. The second kappa shape index (κ2) is 3.96. The van der Waals surface area contributed by atoms with Gasteiger partial charge in [0.15, 0.2) is 0 Å². The number of nitrogens with one attached hydrogen (secondary N) is 1. The first-order valence-corrected chi connectivity index (χ1v) is 4.72. The summed E-state index contributed by atoms with van der Waals surface area (Å²) in [6.45, 7) is 7.22. The predicted octanol–water partition coefficient (Wildman–Crippen LogP) is 3.73. The van der Waals surface area contributed by atoms with Crippen LogP contribution in [-0.2, 0) is 0 Å². The van der Waals surface area contributed by atoms with Crippen LogP contribution in [0.2, 0.25) is 0 Å². The normalized spacial score (nSPS) is 9.87. The van der Waals surface area contributed by atoms with E-state index in [9.17, 15) is 0 Å². The van der Waals surface area contributed by atoms with Gasteiger partial charge in [0.2, 0.25) is 0 Å². The van der Waals surface area contributed by atoms with Gasteiger partial charge in [-0.1, -0.05) is 30.8 Å². The van der Waals surface area contributed by atoms with Crippen molar-refractivity contribution in [3.05, 3.63) is 49.2 Å². The Labute approximate surface area is 89.0 Å². The van der Waals surface area contributed by atoms with Crippen LogP contribution in [0.15, 0.2) is 54.2 Å². The van der Waals surface area contributed by atoms with E-state index in [2.05, 4.69) is 29.7 Å². The Kier molecular flexibility index (Phi) is 2.50. The zero-order valence-corrected chi connectivity index (χ0v) is 8.40. The number of rotatable bonds is 3. The second-order valence-corrected chi connectivity index (χ2v) is 3.18. The van der Waals surface area contributed by atoms with Gasteiger partial charge in [0.05, 0.1) is 5.69 Å². The van der Waals surface area contributed by atoms with Crippen molar-refractivity contribution in [3.63, 3.8) is 0 Å². The first kappa shape index (κ1) is 9.46. The molecule has 0 atom stereocenters. The lowest BCUT2D eigenvalue weighted by atomic mass is 10.1. The molecule has 74 valence electrons. The van der Waals surface area contributed by atoms with Gasteiger partial charge in [-0.25, -0.2) is 0 Å². The van der Waals surface area contributed by atoms with Crippen molar-refractivity contribution in [1.82, 2.24) is 0 Å². The van der Waals surface area contributed by atoms with E-state index in [0.717, 1.165) is 22.1 Å². The third-order valence-electron chi connectivity index (χ3n) is 2.33. The van der Waals surface area contributed by atoms with Gasteiger partial charge in [0.25, 0.3) is 0 Å². The van der Waals surface area contributed by atoms with Crippen LogP contribution < -0.4 is 5.32 Å². The van der Waals surface area contributed by atoms with Crippen molar-refractivity contribution in [1.29, 1.82) is 0 Å². The monoisotopic (exact) mass is 196 g/mol. The van der Waals surface area contributed by atoms with Crippen LogP contribution in [0.4, 0.5) is 11.4 Å². The van der Waals surface area contributed by atoms with E-state index >= 15 is 0 Å². The molecule has 0 unspecified atom stereocenters. The fraction of sp³-hybridized carbons (Fsp3) is 0. The molecule has 2 rings (SSSR count). The van der Waals surface area contributed by atoms with Crippen molar-refractivity contribution in [2.24, 2.45) is 4.99 Å². The zero-order chi connectivity index (χ0) is 10.7. The SMILES string of the molecule is C=CNc1cccc2c(N=C)cccc12. The highest BCUT2D eigenvalue weighted by atomic mass is 14.8. The molecule has 0 amide bonds. The van der Waals surface area contributed by atoms with E-state index in [0.29, 0.717) is 0 Å². The molecule has 0 spiro atoms. The van der Waals surface area contributed by atoms with Crippen LogP contribution >= 0.6 is 0 Å². The molecule has 0 bridgehead atoms. The summed E-state index contributed by atoms with van der Waals surface area (Å²) in [7, 11) is 0. The van der Waals surface area contributed by atoms with Crippen LogP contribution in [0.1, 0.15) is 0 Å². The average molecular weight is 196 g/mol. The van der Waals surface area contributed by atoms with E-state index in [1.54, 1.807) is 6.20 Å². The Morgan fingerprint density at radius 1 is 1.07 bits per heavy atom. The van der Waals surface area contributed by atoms with Gasteiger partial charge < -0.3 is 5.32 Å². The molecule has 0 radical (unpaired) electrons. The summed E-state index contributed by atoms with van der Waals surface area (Å²) in [5, 5.41) is 5.33. The molecule has 0 saturated carbocycles. The van der Waals surface area contributed by atoms with Gasteiger partial charge in [-0.3, -0.25) is 4.99 Å². The Morgan fingerprint density at radius 3 is 2.53 bits per heavy atom. The molecule has 2 aromatic rings. The predicted molar refractivity (Wildman–Crippen MR) is 67.0 cm³/mol. The van der Waals surface area contributed by atoms with Gasteiger partial charge in [-0.15, -0.1) is 0 Å². The maximum Gasteiger partial charge on any atom is 0.0701 e. The number of nitrogens with zero attached hydrogens (tertiary/aromatic N) is 1. The van der Waals surface area contributed by atoms with Gasteiger partial charge in [-0.05, 0) is 25.1 Å². The third-order valence-corrected chi connectivity index (χ3v) is 2.33. The quantitative estimate of drug-likeness (QED) is 0.743. The van der Waals surface area contributed by atoms with Crippen molar-refractivity contribution in [3.8, 4) is 0 Å². The fourth-order valence-electron chi connectivity index (χ4n) is 1.67. The summed E-state index contributed by atoms with van der Waals surface area (Å²) in [6.07, 6.45) is 1.67. The molecule has 0 fully saturated rings. The van der Waals surface area contributed by atoms with E-state index in [-0.39, 0.29) is 0 Å². The fourth-order valence-corrected chi connectivity index (χ4v) is 1.67. The summed E-state index contributed by atoms with van der Waals surface area (Å²) >= 11 is 0. The minimum Gasteiger partial charge on any atom is -0.362 e. The van der Waals surface area contributed by atoms with Crippen molar-refractivity contribution in [2.45, 2.75) is 0 Å². The van der Waals surface area contributed by atoms with E-state index < -0.39 is 0 Å². The first-order chi connectivity index (χ1) is 7.36. The number of benzene rings is 2. The van der Waals surface area contributed by atoms with Gasteiger partial charge >= 0.3 is 0 Å². The Balaban J connectivity index is 2.75. The van der Waals surface area contributed by atoms with Crippen LogP contribution in [0.25, 0.3) is 10.8 Å². The lowest BCUT2D eigenvalue weighted by Gasteiger charge is -2.07. The smallest absolute Gasteiger partial charge is 0.0701 e. The summed E-state index contributed by atoms with van der Waals surface area (Å²) in [5.41, 5.74) is 1.94. The highest BCUT2D eigenvalue weighted by Gasteiger charge is 2.01. The summed E-state index contributed by atoms with van der Waals surface area (Å²) in [4.78, 5) is 4.00. The Hall–Kier alpha value is -2.09. The summed E-state index contributed by atoms with van der Waals surface area (Å²) in [5.74, 6) is 0. The number of anilines is 1. The molecule has 0 aliphatic heterocycles. The molecule has 0 heterocycles. The molecule has 2 heteroatoms. The first-order valence-electron chi connectivity index (χ1n) is 4.72. The lowest BCUT2D eigenvalue weighted by Crippen LogP contribution is -1.87. The minimum atomic E-state index is 0.903. The van der Waals surface area contributed by atoms with E-state index in [1.807, 2.05) is 30.3 Å². The highest BCUT2D eigenvalue weighted by molar-refractivity contribution is 6.00. The third kappa shape index (κ3) is 1.62. The Bertz CT molecular complexity index is 515. The molecule has 0 saturated heterocycles. The van der Waals surface area contributed by atoms with Crippen molar-refractivity contribution < 1.29 is 0 Å². The molecule has 0 aliphatic rings. The largest absolute Gasteiger partial charge is 0.362 e. The zero-order valence-electron chi connectivity index (χ0n) is 8.40. The molecule has 2 nitrogen and oxygen atoms in total. The van der Waals surface area contributed by atoms with Crippen molar-refractivity contribution >= 4 is 28.9 Å². The number of aliphatic imine (C=N–C) groups is 1. The minimum absolute atomic E-state index is 0.903. The van der Waals surface area contributed by atoms with E-state index in [1.165, 1.54) is 0 Å². The summed E-state index contributed by atoms with van der Waals surface area (Å²) < 4.78 is 0. The molecule has 0 aliphatic carbocycles. The van der Waals surface area contributed by atoms with Crippen LogP contribution in [0.3, 0.4) is 0 Å². The summed E-state index contributed by atoms with van der Waals surface area (Å²) in [6, 6.07) is 12.0. The molecular formula is C13H12N2. The van der Waals surface area contributed by atoms with Crippen molar-refractivity contribution in [2.75, 3.05) is 5.32 Å². The van der Waals surface area contributed by atoms with Gasteiger partial charge in [0, 0.05) is 16.5 Å². The standard InChI is InChI=1S/C13H12N2/c1-3-15-13-9-5-6-10-11(13)7-4-8-12(10)14-2/h3-9,15H,1-2H2. The van der Waals surface area contributed by atoms with Crippen LogP contribution in [-0.4, -0.2) is 6.72 Å². The topological polar surface area (TPSA) is 24.4 Å². The molecule has 1 N–H and O–H groups in total. The highest BCUT2D eigenvalue weighted by Crippen LogP contribution is 2.30. The maximum absolute atomic E-state index is 4.00. The van der Waals surface area contributed by atoms with Crippen LogP contribution in [0.5, 0.6) is 0 Å².